The van der Waals surface area contributed by atoms with Crippen LogP contribution in [0.2, 0.25) is 0 Å². The molecular weight excluding hydrogens is 509 g/mol. The molecule has 0 aliphatic carbocycles. The number of hydrogen-bond acceptors (Lipinski definition) is 5. The molecular formula is C22H38IN5O3. The lowest BCUT2D eigenvalue weighted by Gasteiger charge is -2.40. The number of ether oxygens (including phenoxy) is 2. The number of likely N-dealkylation sites (N-methyl/N-ethyl adjacent to an activating group) is 1. The Morgan fingerprint density at radius 3 is 2.55 bits per heavy atom. The molecule has 0 bridgehead atoms. The lowest BCUT2D eigenvalue weighted by molar-refractivity contribution is 0.00700. The van der Waals surface area contributed by atoms with Gasteiger partial charge in [0.25, 0.3) is 0 Å². The van der Waals surface area contributed by atoms with Gasteiger partial charge in [-0.2, -0.15) is 0 Å². The van der Waals surface area contributed by atoms with E-state index in [1.165, 1.54) is 0 Å². The summed E-state index contributed by atoms with van der Waals surface area (Å²) in [5.41, 5.74) is 0.561. The third-order valence-corrected chi connectivity index (χ3v) is 4.39. The van der Waals surface area contributed by atoms with Gasteiger partial charge in [-0.3, -0.25) is 0 Å². The van der Waals surface area contributed by atoms with Crippen molar-refractivity contribution < 1.29 is 14.3 Å². The molecule has 1 aromatic carbocycles. The van der Waals surface area contributed by atoms with Gasteiger partial charge in [-0.05, 0) is 47.9 Å². The first-order valence-electron chi connectivity index (χ1n) is 10.6. The molecule has 0 saturated carbocycles. The SMILES string of the molecule is CCNC(=NCc1ccccc1OCCN(C)C)NC1CN(C(=O)OC(C)(C)C)C1.I. The summed E-state index contributed by atoms with van der Waals surface area (Å²) < 4.78 is 11.3. The zero-order chi connectivity index (χ0) is 22.1. The predicted molar refractivity (Wildman–Crippen MR) is 135 cm³/mol. The highest BCUT2D eigenvalue weighted by molar-refractivity contribution is 14.0. The van der Waals surface area contributed by atoms with E-state index in [-0.39, 0.29) is 36.1 Å². The van der Waals surface area contributed by atoms with E-state index in [0.29, 0.717) is 26.2 Å². The number of hydrogen-bond donors (Lipinski definition) is 2. The van der Waals surface area contributed by atoms with E-state index in [9.17, 15) is 4.79 Å². The van der Waals surface area contributed by atoms with Crippen molar-refractivity contribution in [3.8, 4) is 5.75 Å². The molecule has 176 valence electrons. The topological polar surface area (TPSA) is 78.4 Å². The van der Waals surface area contributed by atoms with Crippen LogP contribution < -0.4 is 15.4 Å². The molecule has 1 heterocycles. The first-order chi connectivity index (χ1) is 14.2. The summed E-state index contributed by atoms with van der Waals surface area (Å²) in [4.78, 5) is 20.6. The number of carbonyl (C=O) groups is 1. The van der Waals surface area contributed by atoms with Crippen LogP contribution in [0.25, 0.3) is 0 Å². The van der Waals surface area contributed by atoms with Crippen LogP contribution >= 0.6 is 24.0 Å². The Balaban J connectivity index is 0.00000480. The molecule has 0 aromatic heterocycles. The average Bonchev–Trinajstić information content (AvgIpc) is 2.61. The Kier molecular flexibility index (Phi) is 11.4. The Bertz CT molecular complexity index is 715. The summed E-state index contributed by atoms with van der Waals surface area (Å²) in [6.45, 7) is 11.6. The van der Waals surface area contributed by atoms with Gasteiger partial charge < -0.3 is 29.9 Å². The fourth-order valence-corrected chi connectivity index (χ4v) is 2.84. The summed E-state index contributed by atoms with van der Waals surface area (Å²) >= 11 is 0. The second-order valence-electron chi connectivity index (χ2n) is 8.68. The normalized spacial score (nSPS) is 14.5. The van der Waals surface area contributed by atoms with Gasteiger partial charge >= 0.3 is 6.09 Å². The van der Waals surface area contributed by atoms with Gasteiger partial charge in [0.2, 0.25) is 0 Å². The van der Waals surface area contributed by atoms with Gasteiger partial charge in [-0.25, -0.2) is 9.79 Å². The van der Waals surface area contributed by atoms with Crippen LogP contribution in [0.15, 0.2) is 29.3 Å². The zero-order valence-electron chi connectivity index (χ0n) is 19.6. The molecule has 1 saturated heterocycles. The highest BCUT2D eigenvalue weighted by Crippen LogP contribution is 2.19. The van der Waals surface area contributed by atoms with Crippen molar-refractivity contribution in [1.82, 2.24) is 20.4 Å². The van der Waals surface area contributed by atoms with E-state index in [4.69, 9.17) is 14.5 Å². The number of guanidine groups is 1. The molecule has 2 rings (SSSR count). The predicted octanol–water partition coefficient (Wildman–Crippen LogP) is 2.92. The number of para-hydroxylation sites is 1. The Hall–Kier alpha value is -1.75. The van der Waals surface area contributed by atoms with Crippen LogP contribution in [0.4, 0.5) is 4.79 Å². The van der Waals surface area contributed by atoms with Crippen molar-refractivity contribution in [2.24, 2.45) is 4.99 Å². The van der Waals surface area contributed by atoms with Crippen molar-refractivity contribution in [2.45, 2.75) is 45.9 Å². The molecule has 1 fully saturated rings. The zero-order valence-corrected chi connectivity index (χ0v) is 21.9. The van der Waals surface area contributed by atoms with Gasteiger partial charge in [0, 0.05) is 31.7 Å². The molecule has 0 atom stereocenters. The van der Waals surface area contributed by atoms with Crippen molar-refractivity contribution in [2.75, 3.05) is 46.9 Å². The minimum absolute atomic E-state index is 0. The van der Waals surface area contributed by atoms with E-state index in [2.05, 4.69) is 15.5 Å². The molecule has 0 spiro atoms. The Morgan fingerprint density at radius 2 is 1.94 bits per heavy atom. The van der Waals surface area contributed by atoms with Crippen LogP contribution in [0.3, 0.4) is 0 Å². The molecule has 31 heavy (non-hydrogen) atoms. The maximum Gasteiger partial charge on any atom is 0.410 e. The van der Waals surface area contributed by atoms with Crippen LogP contribution in [0.5, 0.6) is 5.75 Å². The highest BCUT2D eigenvalue weighted by atomic mass is 127. The summed E-state index contributed by atoms with van der Waals surface area (Å²) in [6, 6.07) is 8.13. The van der Waals surface area contributed by atoms with Crippen molar-refractivity contribution in [1.29, 1.82) is 0 Å². The molecule has 2 N–H and O–H groups in total. The summed E-state index contributed by atoms with van der Waals surface area (Å²) in [5, 5.41) is 6.66. The fraction of sp³-hybridized carbons (Fsp3) is 0.636. The van der Waals surface area contributed by atoms with Gasteiger partial charge in [-0.15, -0.1) is 24.0 Å². The van der Waals surface area contributed by atoms with E-state index >= 15 is 0 Å². The monoisotopic (exact) mass is 547 g/mol. The number of carbonyl (C=O) groups excluding carboxylic acids is 1. The lowest BCUT2D eigenvalue weighted by atomic mass is 10.1. The second kappa shape index (κ2) is 12.9. The van der Waals surface area contributed by atoms with Crippen LogP contribution in [-0.2, 0) is 11.3 Å². The number of halogens is 1. The van der Waals surface area contributed by atoms with Crippen molar-refractivity contribution in [3.63, 3.8) is 0 Å². The van der Waals surface area contributed by atoms with Gasteiger partial charge in [0.05, 0.1) is 12.6 Å². The maximum absolute atomic E-state index is 12.1. The molecule has 0 radical (unpaired) electrons. The standard InChI is InChI=1S/C22H37N5O3.HI/c1-7-23-20(25-18-15-27(16-18)21(28)30-22(2,3)4)24-14-17-10-8-9-11-19(17)29-13-12-26(5)6;/h8-11,18H,7,12-16H2,1-6H3,(H2,23,24,25);1H. The van der Waals surface area contributed by atoms with Crippen LogP contribution in [-0.4, -0.2) is 80.4 Å². The third kappa shape index (κ3) is 9.94. The van der Waals surface area contributed by atoms with Crippen molar-refractivity contribution in [3.05, 3.63) is 29.8 Å². The Labute approximate surface area is 203 Å². The lowest BCUT2D eigenvalue weighted by Crippen LogP contribution is -2.63. The van der Waals surface area contributed by atoms with E-state index in [1.807, 2.05) is 66.1 Å². The molecule has 9 heteroatoms. The quantitative estimate of drug-likeness (QED) is 0.296. The average molecular weight is 547 g/mol. The number of aliphatic imine (C=N–C) groups is 1. The maximum atomic E-state index is 12.1. The second-order valence-corrected chi connectivity index (χ2v) is 8.68. The minimum Gasteiger partial charge on any atom is -0.492 e. The first-order valence-corrected chi connectivity index (χ1v) is 10.6. The number of likely N-dealkylation sites (tertiary alicyclic amines) is 1. The fourth-order valence-electron chi connectivity index (χ4n) is 2.84. The first kappa shape index (κ1) is 27.3. The smallest absolute Gasteiger partial charge is 0.410 e. The summed E-state index contributed by atoms with van der Waals surface area (Å²) in [6.07, 6.45) is -0.272. The molecule has 1 aliphatic rings. The van der Waals surface area contributed by atoms with Crippen molar-refractivity contribution >= 4 is 36.0 Å². The molecule has 1 aromatic rings. The Morgan fingerprint density at radius 1 is 1.26 bits per heavy atom. The molecule has 8 nitrogen and oxygen atoms in total. The number of amides is 1. The number of nitrogens with zero attached hydrogens (tertiary/aromatic N) is 3. The molecule has 1 amide bonds. The largest absolute Gasteiger partial charge is 0.492 e. The summed E-state index contributed by atoms with van der Waals surface area (Å²) in [5.74, 6) is 1.59. The third-order valence-electron chi connectivity index (χ3n) is 4.39. The van der Waals surface area contributed by atoms with E-state index in [0.717, 1.165) is 30.4 Å². The van der Waals surface area contributed by atoms with E-state index < -0.39 is 5.60 Å². The summed E-state index contributed by atoms with van der Waals surface area (Å²) in [7, 11) is 4.05. The molecule has 0 unspecified atom stereocenters. The number of rotatable bonds is 8. The van der Waals surface area contributed by atoms with Crippen LogP contribution in [0, 0.1) is 0 Å². The van der Waals surface area contributed by atoms with Gasteiger partial charge in [-0.1, -0.05) is 18.2 Å². The molecule has 1 aliphatic heterocycles. The van der Waals surface area contributed by atoms with E-state index in [1.54, 1.807) is 4.90 Å². The van der Waals surface area contributed by atoms with Gasteiger partial charge in [0.15, 0.2) is 5.96 Å². The van der Waals surface area contributed by atoms with Crippen LogP contribution in [0.1, 0.15) is 33.3 Å². The minimum atomic E-state index is -0.478. The number of benzene rings is 1. The number of nitrogens with one attached hydrogen (secondary N) is 2. The highest BCUT2D eigenvalue weighted by Gasteiger charge is 2.34. The van der Waals surface area contributed by atoms with Gasteiger partial charge in [0.1, 0.15) is 18.0 Å².